The number of carbonyl (C=O) groups excluding carboxylic acids is 1. The zero-order valence-electron chi connectivity index (χ0n) is 9.24. The predicted octanol–water partition coefficient (Wildman–Crippen LogP) is 0.270. The molecular formula is C10H20N2O2S. The molecule has 15 heavy (non-hydrogen) atoms. The lowest BCUT2D eigenvalue weighted by molar-refractivity contribution is -0.131. The molecule has 2 N–H and O–H groups in total. The number of aliphatic hydroxyl groups excluding tert-OH is 1. The van der Waals surface area contributed by atoms with E-state index in [1.165, 1.54) is 0 Å². The van der Waals surface area contributed by atoms with Crippen LogP contribution in [0.1, 0.15) is 19.3 Å². The molecule has 0 spiro atoms. The molecule has 1 rings (SSSR count). The molecular weight excluding hydrogens is 212 g/mol. The van der Waals surface area contributed by atoms with Crippen LogP contribution in [-0.2, 0) is 4.79 Å². The molecule has 1 saturated heterocycles. The van der Waals surface area contributed by atoms with Crippen molar-refractivity contribution in [2.24, 2.45) is 0 Å². The number of likely N-dealkylation sites (N-methyl/N-ethyl adjacent to an activating group) is 1. The molecule has 1 heterocycles. The van der Waals surface area contributed by atoms with Crippen molar-refractivity contribution < 1.29 is 9.90 Å². The molecule has 0 aliphatic carbocycles. The van der Waals surface area contributed by atoms with Gasteiger partial charge in [-0.3, -0.25) is 10.1 Å². The number of thioether (sulfide) groups is 1. The number of rotatable bonds is 6. The molecule has 1 fully saturated rings. The Bertz CT molecular complexity index is 196. The summed E-state index contributed by atoms with van der Waals surface area (Å²) in [7, 11) is 1.85. The van der Waals surface area contributed by atoms with Gasteiger partial charge >= 0.3 is 0 Å². The van der Waals surface area contributed by atoms with Crippen LogP contribution in [-0.4, -0.2) is 53.8 Å². The van der Waals surface area contributed by atoms with Crippen molar-refractivity contribution in [2.45, 2.75) is 25.3 Å². The summed E-state index contributed by atoms with van der Waals surface area (Å²) in [5, 5.41) is 11.8. The topological polar surface area (TPSA) is 52.6 Å². The Morgan fingerprint density at radius 2 is 2.33 bits per heavy atom. The first-order valence-corrected chi connectivity index (χ1v) is 6.58. The maximum Gasteiger partial charge on any atom is 0.240 e. The van der Waals surface area contributed by atoms with E-state index in [0.29, 0.717) is 0 Å². The van der Waals surface area contributed by atoms with Gasteiger partial charge in [-0.1, -0.05) is 0 Å². The summed E-state index contributed by atoms with van der Waals surface area (Å²) < 4.78 is 0. The highest BCUT2D eigenvalue weighted by molar-refractivity contribution is 7.99. The Morgan fingerprint density at radius 3 is 2.93 bits per heavy atom. The molecule has 1 aliphatic heterocycles. The van der Waals surface area contributed by atoms with Crippen molar-refractivity contribution in [3.05, 3.63) is 0 Å². The summed E-state index contributed by atoms with van der Waals surface area (Å²) in [5.41, 5.74) is 0. The number of amides is 1. The van der Waals surface area contributed by atoms with Gasteiger partial charge in [-0.2, -0.15) is 0 Å². The van der Waals surface area contributed by atoms with Crippen LogP contribution in [0.25, 0.3) is 0 Å². The molecule has 0 aromatic heterocycles. The van der Waals surface area contributed by atoms with Crippen LogP contribution in [0.4, 0.5) is 0 Å². The van der Waals surface area contributed by atoms with Crippen molar-refractivity contribution in [3.8, 4) is 0 Å². The third kappa shape index (κ3) is 4.40. The third-order valence-corrected chi connectivity index (χ3v) is 3.48. The fourth-order valence-corrected chi connectivity index (χ4v) is 2.50. The molecule has 0 aromatic carbocycles. The van der Waals surface area contributed by atoms with Crippen molar-refractivity contribution in [2.75, 3.05) is 31.8 Å². The van der Waals surface area contributed by atoms with Gasteiger partial charge in [-0.05, 0) is 19.3 Å². The number of carbonyl (C=O) groups is 1. The lowest BCUT2D eigenvalue weighted by atomic mass is 10.2. The van der Waals surface area contributed by atoms with E-state index < -0.39 is 0 Å². The maximum atomic E-state index is 11.8. The highest BCUT2D eigenvalue weighted by Gasteiger charge is 2.24. The summed E-state index contributed by atoms with van der Waals surface area (Å²) in [6.07, 6.45) is 2.79. The molecule has 0 bridgehead atoms. The number of hydrogen-bond acceptors (Lipinski definition) is 4. The molecule has 1 unspecified atom stereocenters. The first kappa shape index (κ1) is 12.8. The number of hydrogen-bond donors (Lipinski definition) is 2. The van der Waals surface area contributed by atoms with E-state index in [4.69, 9.17) is 5.11 Å². The second-order valence-corrected chi connectivity index (χ2v) is 4.85. The molecule has 1 aliphatic rings. The van der Waals surface area contributed by atoms with Crippen LogP contribution in [0.5, 0.6) is 0 Å². The number of aliphatic hydroxyl groups is 1. The Morgan fingerprint density at radius 1 is 1.53 bits per heavy atom. The molecule has 1 atom stereocenters. The van der Waals surface area contributed by atoms with Gasteiger partial charge in [0.1, 0.15) is 0 Å². The first-order valence-electron chi connectivity index (χ1n) is 5.42. The Balaban J connectivity index is 2.14. The van der Waals surface area contributed by atoms with Crippen molar-refractivity contribution in [1.29, 1.82) is 0 Å². The Hall–Kier alpha value is -0.260. The van der Waals surface area contributed by atoms with Crippen LogP contribution < -0.4 is 5.32 Å². The van der Waals surface area contributed by atoms with E-state index in [1.807, 2.05) is 7.05 Å². The SMILES string of the molecule is CN(CCCCCO)C(=O)C1CSCN1. The predicted molar refractivity (Wildman–Crippen MR) is 62.8 cm³/mol. The Labute approximate surface area is 95.4 Å². The van der Waals surface area contributed by atoms with Gasteiger partial charge < -0.3 is 10.0 Å². The average molecular weight is 232 g/mol. The lowest BCUT2D eigenvalue weighted by Crippen LogP contribution is -2.43. The van der Waals surface area contributed by atoms with Gasteiger partial charge in [-0.15, -0.1) is 11.8 Å². The minimum atomic E-state index is 0.0119. The molecule has 4 nitrogen and oxygen atoms in total. The highest BCUT2D eigenvalue weighted by Crippen LogP contribution is 2.11. The van der Waals surface area contributed by atoms with Crippen LogP contribution in [0.2, 0.25) is 0 Å². The van der Waals surface area contributed by atoms with E-state index in [2.05, 4.69) is 5.32 Å². The van der Waals surface area contributed by atoms with E-state index in [9.17, 15) is 4.79 Å². The van der Waals surface area contributed by atoms with Gasteiger partial charge in [0.15, 0.2) is 0 Å². The zero-order valence-corrected chi connectivity index (χ0v) is 10.1. The summed E-state index contributed by atoms with van der Waals surface area (Å²) in [6.45, 7) is 1.04. The van der Waals surface area contributed by atoms with Crippen LogP contribution >= 0.6 is 11.8 Å². The fourth-order valence-electron chi connectivity index (χ4n) is 1.57. The van der Waals surface area contributed by atoms with Crippen LogP contribution in [0, 0.1) is 0 Å². The number of nitrogens with one attached hydrogen (secondary N) is 1. The van der Waals surface area contributed by atoms with E-state index >= 15 is 0 Å². The van der Waals surface area contributed by atoms with Gasteiger partial charge in [0.2, 0.25) is 5.91 Å². The Kier molecular flexibility index (Phi) is 6.05. The summed E-state index contributed by atoms with van der Waals surface area (Å²) in [4.78, 5) is 13.6. The quantitative estimate of drug-likeness (QED) is 0.646. The normalized spacial score (nSPS) is 20.5. The molecule has 0 saturated carbocycles. The molecule has 0 aromatic rings. The minimum absolute atomic E-state index is 0.0119. The van der Waals surface area contributed by atoms with Gasteiger partial charge in [0.25, 0.3) is 0 Å². The van der Waals surface area contributed by atoms with Crippen LogP contribution in [0.15, 0.2) is 0 Å². The molecule has 88 valence electrons. The monoisotopic (exact) mass is 232 g/mol. The summed E-state index contributed by atoms with van der Waals surface area (Å²) in [5.74, 6) is 1.97. The molecule has 0 radical (unpaired) electrons. The molecule has 5 heteroatoms. The maximum absolute atomic E-state index is 11.8. The number of unbranched alkanes of at least 4 members (excludes halogenated alkanes) is 2. The third-order valence-electron chi connectivity index (χ3n) is 2.54. The lowest BCUT2D eigenvalue weighted by Gasteiger charge is -2.20. The second-order valence-electron chi connectivity index (χ2n) is 3.82. The standard InChI is InChI=1S/C10H20N2O2S/c1-12(5-3-2-4-6-13)10(14)9-7-15-8-11-9/h9,11,13H,2-8H2,1H3. The van der Waals surface area contributed by atoms with Crippen LogP contribution in [0.3, 0.4) is 0 Å². The van der Waals surface area contributed by atoms with Crippen molar-refractivity contribution >= 4 is 17.7 Å². The van der Waals surface area contributed by atoms with Crippen molar-refractivity contribution in [3.63, 3.8) is 0 Å². The fraction of sp³-hybridized carbons (Fsp3) is 0.900. The highest BCUT2D eigenvalue weighted by atomic mass is 32.2. The van der Waals surface area contributed by atoms with Gasteiger partial charge in [0.05, 0.1) is 6.04 Å². The second kappa shape index (κ2) is 7.09. The minimum Gasteiger partial charge on any atom is -0.396 e. The van der Waals surface area contributed by atoms with E-state index in [1.54, 1.807) is 16.7 Å². The van der Waals surface area contributed by atoms with Gasteiger partial charge in [-0.25, -0.2) is 0 Å². The number of nitrogens with zero attached hydrogens (tertiary/aromatic N) is 1. The largest absolute Gasteiger partial charge is 0.396 e. The van der Waals surface area contributed by atoms with E-state index in [0.717, 1.165) is 37.4 Å². The van der Waals surface area contributed by atoms with Crippen molar-refractivity contribution in [1.82, 2.24) is 10.2 Å². The zero-order chi connectivity index (χ0) is 11.1. The summed E-state index contributed by atoms with van der Waals surface area (Å²) in [6, 6.07) is 0.0119. The average Bonchev–Trinajstić information content (AvgIpc) is 2.76. The summed E-state index contributed by atoms with van der Waals surface area (Å²) >= 11 is 1.77. The smallest absolute Gasteiger partial charge is 0.240 e. The first-order chi connectivity index (χ1) is 7.25. The molecule has 1 amide bonds. The van der Waals surface area contributed by atoms with Gasteiger partial charge in [0, 0.05) is 31.8 Å². The van der Waals surface area contributed by atoms with E-state index in [-0.39, 0.29) is 18.6 Å².